The smallest absolute Gasteiger partial charge is 0.248 e. The van der Waals surface area contributed by atoms with E-state index in [0.29, 0.717) is 12.0 Å². The molecule has 2 saturated heterocycles. The molecular formula is C18H29N3O2S. The summed E-state index contributed by atoms with van der Waals surface area (Å²) in [5.74, 6) is 0.562. The summed E-state index contributed by atoms with van der Waals surface area (Å²) in [7, 11) is 3.57. The minimum absolute atomic E-state index is 0.0536. The first-order valence-corrected chi connectivity index (χ1v) is 9.77. The lowest BCUT2D eigenvalue weighted by atomic mass is 9.89. The number of hydrogen-bond donors (Lipinski definition) is 0. The van der Waals surface area contributed by atoms with E-state index in [2.05, 4.69) is 34.2 Å². The molecule has 0 spiro atoms. The molecule has 0 aliphatic carbocycles. The van der Waals surface area contributed by atoms with Crippen LogP contribution in [0.2, 0.25) is 0 Å². The van der Waals surface area contributed by atoms with Crippen LogP contribution in [0.3, 0.4) is 0 Å². The summed E-state index contributed by atoms with van der Waals surface area (Å²) < 4.78 is 6.05. The molecule has 3 rings (SSSR count). The monoisotopic (exact) mass is 351 g/mol. The Hall–Kier alpha value is -0.950. The van der Waals surface area contributed by atoms with Crippen molar-refractivity contribution in [1.82, 2.24) is 14.7 Å². The molecular weight excluding hydrogens is 322 g/mol. The zero-order valence-corrected chi connectivity index (χ0v) is 15.8. The van der Waals surface area contributed by atoms with E-state index in [-0.39, 0.29) is 18.6 Å². The molecule has 5 nitrogen and oxygen atoms in total. The zero-order valence-electron chi connectivity index (χ0n) is 15.0. The minimum atomic E-state index is 0.0536. The lowest BCUT2D eigenvalue weighted by Gasteiger charge is -2.41. The van der Waals surface area contributed by atoms with E-state index < -0.39 is 0 Å². The molecule has 1 amide bonds. The Labute approximate surface area is 149 Å². The van der Waals surface area contributed by atoms with Crippen molar-refractivity contribution in [3.05, 3.63) is 22.4 Å². The predicted octanol–water partition coefficient (Wildman–Crippen LogP) is 1.75. The quantitative estimate of drug-likeness (QED) is 0.782. The number of rotatable bonds is 6. The van der Waals surface area contributed by atoms with Crippen LogP contribution in [0.25, 0.3) is 0 Å². The molecule has 3 heterocycles. The summed E-state index contributed by atoms with van der Waals surface area (Å²) in [6, 6.07) is 4.90. The number of fused-ring (bicyclic) bond motifs is 1. The van der Waals surface area contributed by atoms with Crippen LogP contribution in [0.5, 0.6) is 0 Å². The summed E-state index contributed by atoms with van der Waals surface area (Å²) in [6.07, 6.45) is 1.22. The van der Waals surface area contributed by atoms with E-state index in [1.54, 1.807) is 19.0 Å². The fourth-order valence-corrected chi connectivity index (χ4v) is 4.62. The van der Waals surface area contributed by atoms with Gasteiger partial charge in [0.2, 0.25) is 5.91 Å². The van der Waals surface area contributed by atoms with Crippen LogP contribution in [0.1, 0.15) is 18.2 Å². The third kappa shape index (κ3) is 3.99. The van der Waals surface area contributed by atoms with Crippen LogP contribution in [-0.2, 0) is 16.1 Å². The molecule has 0 bridgehead atoms. The third-order valence-electron chi connectivity index (χ3n) is 5.36. The molecule has 0 aromatic carbocycles. The normalized spacial score (nSPS) is 28.0. The van der Waals surface area contributed by atoms with E-state index in [9.17, 15) is 4.79 Å². The van der Waals surface area contributed by atoms with Crippen LogP contribution in [-0.4, -0.2) is 79.6 Å². The van der Waals surface area contributed by atoms with Crippen molar-refractivity contribution in [2.45, 2.75) is 32.0 Å². The van der Waals surface area contributed by atoms with Gasteiger partial charge in [0.15, 0.2) is 0 Å². The number of nitrogens with zero attached hydrogens (tertiary/aromatic N) is 3. The highest BCUT2D eigenvalue weighted by molar-refractivity contribution is 7.09. The fourth-order valence-electron chi connectivity index (χ4n) is 3.89. The molecule has 0 unspecified atom stereocenters. The van der Waals surface area contributed by atoms with Crippen molar-refractivity contribution in [3.63, 3.8) is 0 Å². The summed E-state index contributed by atoms with van der Waals surface area (Å²) in [4.78, 5) is 20.0. The largest absolute Gasteiger partial charge is 0.368 e. The Morgan fingerprint density at radius 3 is 2.92 bits per heavy atom. The van der Waals surface area contributed by atoms with Gasteiger partial charge in [-0.25, -0.2) is 0 Å². The molecule has 2 aliphatic rings. The van der Waals surface area contributed by atoms with Gasteiger partial charge in [0.05, 0.1) is 6.10 Å². The van der Waals surface area contributed by atoms with Crippen LogP contribution >= 0.6 is 11.3 Å². The third-order valence-corrected chi connectivity index (χ3v) is 6.22. The van der Waals surface area contributed by atoms with Gasteiger partial charge in [-0.05, 0) is 24.4 Å². The van der Waals surface area contributed by atoms with Gasteiger partial charge in [0.25, 0.3) is 0 Å². The first-order chi connectivity index (χ1) is 11.6. The van der Waals surface area contributed by atoms with Crippen molar-refractivity contribution in [3.8, 4) is 0 Å². The average molecular weight is 352 g/mol. The zero-order chi connectivity index (χ0) is 17.1. The molecule has 2 aliphatic heterocycles. The van der Waals surface area contributed by atoms with Crippen molar-refractivity contribution in [2.75, 3.05) is 46.9 Å². The number of amides is 1. The second kappa shape index (κ2) is 7.95. The number of ether oxygens (including phenoxy) is 1. The number of likely N-dealkylation sites (N-methyl/N-ethyl adjacent to an activating group) is 2. The predicted molar refractivity (Wildman–Crippen MR) is 97.2 cm³/mol. The molecule has 0 radical (unpaired) electrons. The Balaban J connectivity index is 1.64. The molecule has 3 atom stereocenters. The van der Waals surface area contributed by atoms with Crippen LogP contribution in [0.4, 0.5) is 0 Å². The Bertz CT molecular complexity index is 534. The number of piperidine rings is 1. The Morgan fingerprint density at radius 2 is 2.25 bits per heavy atom. The van der Waals surface area contributed by atoms with Crippen molar-refractivity contribution in [1.29, 1.82) is 0 Å². The highest BCUT2D eigenvalue weighted by Crippen LogP contribution is 2.34. The van der Waals surface area contributed by atoms with Gasteiger partial charge in [0.1, 0.15) is 6.61 Å². The van der Waals surface area contributed by atoms with Gasteiger partial charge in [-0.1, -0.05) is 13.0 Å². The first-order valence-electron chi connectivity index (χ1n) is 8.89. The van der Waals surface area contributed by atoms with Crippen molar-refractivity contribution >= 4 is 17.2 Å². The maximum absolute atomic E-state index is 11.9. The molecule has 0 saturated carbocycles. The van der Waals surface area contributed by atoms with Gasteiger partial charge < -0.3 is 14.5 Å². The molecule has 134 valence electrons. The maximum atomic E-state index is 11.9. The van der Waals surface area contributed by atoms with Crippen LogP contribution in [0.15, 0.2) is 17.5 Å². The number of hydrogen-bond acceptors (Lipinski definition) is 5. The second-order valence-corrected chi connectivity index (χ2v) is 8.09. The molecule has 1 aromatic heterocycles. The number of likely N-dealkylation sites (tertiary alicyclic amines) is 2. The first kappa shape index (κ1) is 17.9. The standard InChI is InChI=1S/C18H29N3O2S/c1-4-20-11-15-16(12-20)21(10-14-6-5-9-24-14)8-7-17(15)23-13-18(22)19(2)3/h5-6,9,15-17H,4,7-8,10-13H2,1-3H3/t15-,16+,17+/m0/s1. The van der Waals surface area contributed by atoms with E-state index in [1.807, 2.05) is 11.3 Å². The number of carbonyl (C=O) groups is 1. The SMILES string of the molecule is CCN1C[C@H]2[C@@H](C1)N(Cc1cccs1)CC[C@H]2OCC(=O)N(C)C. The number of thiophene rings is 1. The molecule has 1 aromatic rings. The Kier molecular flexibility index (Phi) is 5.92. The maximum Gasteiger partial charge on any atom is 0.248 e. The van der Waals surface area contributed by atoms with Crippen LogP contribution < -0.4 is 0 Å². The summed E-state index contributed by atoms with van der Waals surface area (Å²) in [5.41, 5.74) is 0. The fraction of sp³-hybridized carbons (Fsp3) is 0.722. The van der Waals surface area contributed by atoms with Gasteiger partial charge in [-0.15, -0.1) is 11.3 Å². The number of carbonyl (C=O) groups excluding carboxylic acids is 1. The Morgan fingerprint density at radius 1 is 1.42 bits per heavy atom. The topological polar surface area (TPSA) is 36.0 Å². The van der Waals surface area contributed by atoms with Gasteiger partial charge in [-0.3, -0.25) is 9.69 Å². The molecule has 6 heteroatoms. The average Bonchev–Trinajstić information content (AvgIpc) is 3.22. The molecule has 0 N–H and O–H groups in total. The van der Waals surface area contributed by atoms with E-state index in [4.69, 9.17) is 4.74 Å². The van der Waals surface area contributed by atoms with E-state index in [0.717, 1.165) is 39.1 Å². The van der Waals surface area contributed by atoms with Crippen molar-refractivity contribution < 1.29 is 9.53 Å². The highest BCUT2D eigenvalue weighted by Gasteiger charge is 2.44. The van der Waals surface area contributed by atoms with Crippen LogP contribution in [0, 0.1) is 5.92 Å². The highest BCUT2D eigenvalue weighted by atomic mass is 32.1. The molecule has 24 heavy (non-hydrogen) atoms. The van der Waals surface area contributed by atoms with Gasteiger partial charge in [0, 0.05) is 57.1 Å². The minimum Gasteiger partial charge on any atom is -0.368 e. The van der Waals surface area contributed by atoms with E-state index >= 15 is 0 Å². The molecule has 2 fully saturated rings. The lowest BCUT2D eigenvalue weighted by molar-refractivity contribution is -0.139. The van der Waals surface area contributed by atoms with E-state index in [1.165, 1.54) is 4.88 Å². The van der Waals surface area contributed by atoms with Crippen molar-refractivity contribution in [2.24, 2.45) is 5.92 Å². The second-order valence-electron chi connectivity index (χ2n) is 7.06. The summed E-state index contributed by atoms with van der Waals surface area (Å²) >= 11 is 1.84. The van der Waals surface area contributed by atoms with Gasteiger partial charge in [-0.2, -0.15) is 0 Å². The van der Waals surface area contributed by atoms with Gasteiger partial charge >= 0.3 is 0 Å². The lowest BCUT2D eigenvalue weighted by Crippen LogP contribution is -2.51. The summed E-state index contributed by atoms with van der Waals surface area (Å²) in [6.45, 7) is 7.82. The summed E-state index contributed by atoms with van der Waals surface area (Å²) in [5, 5.41) is 2.16.